The van der Waals surface area contributed by atoms with E-state index in [-0.39, 0.29) is 5.69 Å². The number of nitrogens with zero attached hydrogens (tertiary/aromatic N) is 4. The molecule has 8 heteroatoms. The van der Waals surface area contributed by atoms with Crippen LogP contribution in [0.15, 0.2) is 53.3 Å². The number of amides is 1. The average Bonchev–Trinajstić information content (AvgIpc) is 3.04. The van der Waals surface area contributed by atoms with Gasteiger partial charge in [0.25, 0.3) is 5.91 Å². The summed E-state index contributed by atoms with van der Waals surface area (Å²) < 4.78 is 15.8. The molecule has 0 bridgehead atoms. The van der Waals surface area contributed by atoms with E-state index in [2.05, 4.69) is 36.8 Å². The Balaban J connectivity index is 1.77. The van der Waals surface area contributed by atoms with Crippen molar-refractivity contribution >= 4 is 27.5 Å². The average molecular weight is 362 g/mol. The highest BCUT2D eigenvalue weighted by Gasteiger charge is 2.10. The number of anilines is 1. The molecule has 0 fully saturated rings. The number of nitrogens with one attached hydrogen (secondary N) is 1. The lowest BCUT2D eigenvalue weighted by molar-refractivity contribution is 0.102. The molecule has 0 aliphatic rings. The molecule has 3 rings (SSSR count). The maximum absolute atomic E-state index is 13.7. The van der Waals surface area contributed by atoms with E-state index in [1.807, 2.05) is 0 Å². The molecule has 0 aliphatic carbocycles. The predicted octanol–water partition coefficient (Wildman–Crippen LogP) is 2.82. The third-order valence-electron chi connectivity index (χ3n) is 2.92. The van der Waals surface area contributed by atoms with Crippen molar-refractivity contribution in [2.24, 2.45) is 0 Å². The Hall–Kier alpha value is -2.61. The largest absolute Gasteiger partial charge is 0.319 e. The monoisotopic (exact) mass is 361 g/mol. The first-order valence-corrected chi connectivity index (χ1v) is 7.02. The van der Waals surface area contributed by atoms with E-state index >= 15 is 0 Å². The Kier molecular flexibility index (Phi) is 3.92. The van der Waals surface area contributed by atoms with Gasteiger partial charge in [-0.1, -0.05) is 15.9 Å². The van der Waals surface area contributed by atoms with Gasteiger partial charge in [-0.2, -0.15) is 0 Å². The molecule has 6 nitrogen and oxygen atoms in total. The summed E-state index contributed by atoms with van der Waals surface area (Å²) in [7, 11) is 0. The van der Waals surface area contributed by atoms with Crippen LogP contribution >= 0.6 is 15.9 Å². The second-order valence-electron chi connectivity index (χ2n) is 4.38. The van der Waals surface area contributed by atoms with Gasteiger partial charge in [0, 0.05) is 10.0 Å². The fourth-order valence-electron chi connectivity index (χ4n) is 1.83. The number of hydrogen-bond acceptors (Lipinski definition) is 4. The number of benzene rings is 2. The van der Waals surface area contributed by atoms with E-state index in [0.717, 1.165) is 5.69 Å². The van der Waals surface area contributed by atoms with Crippen molar-refractivity contribution < 1.29 is 9.18 Å². The fraction of sp³-hybridized carbons (Fsp3) is 0. The SMILES string of the molecule is O=C(Nc1ccc(Br)cc1F)c1ccc(-n2cnnn2)cc1. The molecule has 110 valence electrons. The lowest BCUT2D eigenvalue weighted by Gasteiger charge is -2.07. The molecule has 1 amide bonds. The minimum Gasteiger partial charge on any atom is -0.319 e. The third-order valence-corrected chi connectivity index (χ3v) is 3.42. The highest BCUT2D eigenvalue weighted by Crippen LogP contribution is 2.20. The summed E-state index contributed by atoms with van der Waals surface area (Å²) >= 11 is 3.16. The van der Waals surface area contributed by atoms with Crippen LogP contribution in [0.25, 0.3) is 5.69 Å². The molecule has 1 N–H and O–H groups in total. The Labute approximate surface area is 133 Å². The predicted molar refractivity (Wildman–Crippen MR) is 81.2 cm³/mol. The first kappa shape index (κ1) is 14.3. The molecule has 0 radical (unpaired) electrons. The summed E-state index contributed by atoms with van der Waals surface area (Å²) in [4.78, 5) is 12.1. The summed E-state index contributed by atoms with van der Waals surface area (Å²) in [6.45, 7) is 0. The van der Waals surface area contributed by atoms with Gasteiger partial charge in [-0.15, -0.1) is 5.10 Å². The molecule has 0 saturated carbocycles. The van der Waals surface area contributed by atoms with Crippen molar-refractivity contribution in [1.29, 1.82) is 0 Å². The summed E-state index contributed by atoms with van der Waals surface area (Å²) in [5.41, 5.74) is 1.24. The van der Waals surface area contributed by atoms with Crippen LogP contribution in [-0.4, -0.2) is 26.1 Å². The third kappa shape index (κ3) is 3.01. The number of hydrogen-bond donors (Lipinski definition) is 1. The van der Waals surface area contributed by atoms with Crippen LogP contribution in [0.4, 0.5) is 10.1 Å². The smallest absolute Gasteiger partial charge is 0.255 e. The van der Waals surface area contributed by atoms with Crippen molar-refractivity contribution in [3.8, 4) is 5.69 Å². The number of tetrazole rings is 1. The second-order valence-corrected chi connectivity index (χ2v) is 5.30. The van der Waals surface area contributed by atoms with Crippen LogP contribution in [0.3, 0.4) is 0 Å². The van der Waals surface area contributed by atoms with Crippen LogP contribution in [-0.2, 0) is 0 Å². The first-order chi connectivity index (χ1) is 10.6. The number of carbonyl (C=O) groups is 1. The van der Waals surface area contributed by atoms with E-state index in [1.165, 1.54) is 23.1 Å². The quantitative estimate of drug-likeness (QED) is 0.778. The molecule has 0 spiro atoms. The van der Waals surface area contributed by atoms with Crippen molar-refractivity contribution in [3.05, 3.63) is 64.6 Å². The molecular weight excluding hydrogens is 353 g/mol. The molecule has 1 heterocycles. The van der Waals surface area contributed by atoms with E-state index < -0.39 is 11.7 Å². The van der Waals surface area contributed by atoms with Gasteiger partial charge in [-0.25, -0.2) is 9.07 Å². The zero-order valence-electron chi connectivity index (χ0n) is 11.1. The van der Waals surface area contributed by atoms with E-state index in [4.69, 9.17) is 0 Å². The van der Waals surface area contributed by atoms with Gasteiger partial charge >= 0.3 is 0 Å². The summed E-state index contributed by atoms with van der Waals surface area (Å²) in [6.07, 6.45) is 1.45. The normalized spacial score (nSPS) is 10.5. The molecule has 0 aliphatic heterocycles. The highest BCUT2D eigenvalue weighted by atomic mass is 79.9. The summed E-state index contributed by atoms with van der Waals surface area (Å²) in [6, 6.07) is 11.1. The zero-order chi connectivity index (χ0) is 15.5. The Morgan fingerprint density at radius 3 is 2.59 bits per heavy atom. The van der Waals surface area contributed by atoms with Gasteiger partial charge in [-0.3, -0.25) is 4.79 Å². The number of aromatic nitrogens is 4. The minimum absolute atomic E-state index is 0.123. The van der Waals surface area contributed by atoms with Gasteiger partial charge in [-0.05, 0) is 52.9 Å². The van der Waals surface area contributed by atoms with E-state index in [0.29, 0.717) is 10.0 Å². The van der Waals surface area contributed by atoms with Gasteiger partial charge in [0.05, 0.1) is 11.4 Å². The van der Waals surface area contributed by atoms with E-state index in [1.54, 1.807) is 30.3 Å². The maximum Gasteiger partial charge on any atom is 0.255 e. The lowest BCUT2D eigenvalue weighted by Crippen LogP contribution is -2.13. The van der Waals surface area contributed by atoms with Crippen molar-refractivity contribution in [2.75, 3.05) is 5.32 Å². The Morgan fingerprint density at radius 1 is 1.18 bits per heavy atom. The fourth-order valence-corrected chi connectivity index (χ4v) is 2.16. The second kappa shape index (κ2) is 6.02. The van der Waals surface area contributed by atoms with Crippen LogP contribution < -0.4 is 5.32 Å². The molecule has 0 saturated heterocycles. The molecule has 0 unspecified atom stereocenters. The van der Waals surface area contributed by atoms with Crippen LogP contribution in [0, 0.1) is 5.82 Å². The summed E-state index contributed by atoms with van der Waals surface area (Å²) in [5.74, 6) is -0.905. The Bertz CT molecular complexity index is 805. The van der Waals surface area contributed by atoms with Crippen molar-refractivity contribution in [2.45, 2.75) is 0 Å². The first-order valence-electron chi connectivity index (χ1n) is 6.23. The molecule has 22 heavy (non-hydrogen) atoms. The van der Waals surface area contributed by atoms with Crippen LogP contribution in [0.2, 0.25) is 0 Å². The number of carbonyl (C=O) groups excluding carboxylic acids is 1. The maximum atomic E-state index is 13.7. The molecule has 2 aromatic carbocycles. The lowest BCUT2D eigenvalue weighted by atomic mass is 10.2. The van der Waals surface area contributed by atoms with Gasteiger partial charge in [0.15, 0.2) is 0 Å². The Morgan fingerprint density at radius 2 is 1.95 bits per heavy atom. The topological polar surface area (TPSA) is 72.7 Å². The molecule has 1 aromatic heterocycles. The van der Waals surface area contributed by atoms with Crippen LogP contribution in [0.5, 0.6) is 0 Å². The van der Waals surface area contributed by atoms with Gasteiger partial charge in [0.1, 0.15) is 12.1 Å². The van der Waals surface area contributed by atoms with Gasteiger partial charge in [0.2, 0.25) is 0 Å². The zero-order valence-corrected chi connectivity index (χ0v) is 12.7. The molecule has 0 atom stereocenters. The van der Waals surface area contributed by atoms with E-state index in [9.17, 15) is 9.18 Å². The molecule has 3 aromatic rings. The number of rotatable bonds is 3. The van der Waals surface area contributed by atoms with Crippen LogP contribution in [0.1, 0.15) is 10.4 Å². The van der Waals surface area contributed by atoms with Crippen molar-refractivity contribution in [3.63, 3.8) is 0 Å². The van der Waals surface area contributed by atoms with Crippen molar-refractivity contribution in [1.82, 2.24) is 20.2 Å². The highest BCUT2D eigenvalue weighted by molar-refractivity contribution is 9.10. The molecular formula is C14H9BrFN5O. The minimum atomic E-state index is -0.506. The van der Waals surface area contributed by atoms with Gasteiger partial charge < -0.3 is 5.32 Å². The summed E-state index contributed by atoms with van der Waals surface area (Å²) in [5, 5.41) is 13.3. The standard InChI is InChI=1S/C14H9BrFN5O/c15-10-3-6-13(12(16)7-10)18-14(22)9-1-4-11(5-2-9)21-8-17-19-20-21/h1-8H,(H,18,22). The number of halogens is 2.